The van der Waals surface area contributed by atoms with Gasteiger partial charge in [-0.25, -0.2) is 4.98 Å². The van der Waals surface area contributed by atoms with Gasteiger partial charge in [0, 0.05) is 22.7 Å². The molecule has 0 saturated carbocycles. The molecule has 0 unspecified atom stereocenters. The minimum atomic E-state index is -0.668. The summed E-state index contributed by atoms with van der Waals surface area (Å²) in [5.74, 6) is -0.543. The summed E-state index contributed by atoms with van der Waals surface area (Å²) >= 11 is 1.18. The topological polar surface area (TPSA) is 142 Å². The molecule has 0 aliphatic rings. The number of carbonyl (C=O) groups excluding carboxylic acids is 2. The van der Waals surface area contributed by atoms with Crippen LogP contribution in [-0.4, -0.2) is 41.8 Å². The Balaban J connectivity index is 1.84. The molecule has 4 rings (SSSR count). The summed E-state index contributed by atoms with van der Waals surface area (Å²) in [5.41, 5.74) is 8.82. The fourth-order valence-electron chi connectivity index (χ4n) is 3.12. The van der Waals surface area contributed by atoms with Gasteiger partial charge in [0.15, 0.2) is 5.82 Å². The lowest BCUT2D eigenvalue weighted by Gasteiger charge is -2.14. The van der Waals surface area contributed by atoms with E-state index in [9.17, 15) is 9.59 Å². The highest BCUT2D eigenvalue weighted by atomic mass is 32.1. The van der Waals surface area contributed by atoms with Crippen molar-refractivity contribution >= 4 is 28.3 Å². The van der Waals surface area contributed by atoms with Crippen molar-refractivity contribution in [3.8, 4) is 22.8 Å². The number of carbonyl (C=O) groups is 2. The summed E-state index contributed by atoms with van der Waals surface area (Å²) in [5, 5.41) is 18.7. The number of aromatic nitrogens is 6. The van der Waals surface area contributed by atoms with Gasteiger partial charge in [-0.05, 0) is 38.1 Å². The number of amides is 2. The molecular weight excluding hydrogens is 416 g/mol. The number of benzene rings is 1. The van der Waals surface area contributed by atoms with E-state index in [1.807, 2.05) is 18.4 Å². The van der Waals surface area contributed by atoms with Crippen molar-refractivity contribution in [3.05, 3.63) is 59.4 Å². The van der Waals surface area contributed by atoms with Crippen molar-refractivity contribution < 1.29 is 9.59 Å². The maximum absolute atomic E-state index is 13.0. The molecule has 0 atom stereocenters. The molecule has 156 valence electrons. The summed E-state index contributed by atoms with van der Waals surface area (Å²) in [6.45, 7) is 4.02. The van der Waals surface area contributed by atoms with Gasteiger partial charge in [-0.3, -0.25) is 14.9 Å². The van der Waals surface area contributed by atoms with E-state index in [-0.39, 0.29) is 17.2 Å². The Morgan fingerprint density at radius 1 is 1.03 bits per heavy atom. The van der Waals surface area contributed by atoms with Crippen LogP contribution in [0.3, 0.4) is 0 Å². The Morgan fingerprint density at radius 2 is 1.77 bits per heavy atom. The zero-order valence-electron chi connectivity index (χ0n) is 16.7. The van der Waals surface area contributed by atoms with Gasteiger partial charge in [-0.15, -0.1) is 20.4 Å². The average molecular weight is 434 g/mol. The first kappa shape index (κ1) is 20.3. The van der Waals surface area contributed by atoms with Crippen molar-refractivity contribution in [3.63, 3.8) is 0 Å². The Hall–Kier alpha value is -3.99. The van der Waals surface area contributed by atoms with Crippen LogP contribution in [0.15, 0.2) is 48.2 Å². The third-order valence-corrected chi connectivity index (χ3v) is 5.13. The maximum atomic E-state index is 13.0. The van der Waals surface area contributed by atoms with Gasteiger partial charge in [0.25, 0.3) is 5.91 Å². The van der Waals surface area contributed by atoms with Crippen molar-refractivity contribution in [1.29, 1.82) is 0 Å². The minimum Gasteiger partial charge on any atom is -0.366 e. The summed E-state index contributed by atoms with van der Waals surface area (Å²) in [4.78, 5) is 29.8. The third kappa shape index (κ3) is 4.03. The first-order chi connectivity index (χ1) is 15.0. The van der Waals surface area contributed by atoms with Crippen LogP contribution >= 0.6 is 11.3 Å². The quantitative estimate of drug-likeness (QED) is 0.475. The number of anilines is 1. The molecule has 10 nitrogen and oxygen atoms in total. The Labute approximate surface area is 181 Å². The van der Waals surface area contributed by atoms with Gasteiger partial charge >= 0.3 is 0 Å². The molecule has 1 aromatic carbocycles. The van der Waals surface area contributed by atoms with Crippen molar-refractivity contribution in [2.45, 2.75) is 19.9 Å². The Kier molecular flexibility index (Phi) is 5.50. The summed E-state index contributed by atoms with van der Waals surface area (Å²) in [7, 11) is 0. The lowest BCUT2D eigenvalue weighted by atomic mass is 9.96. The van der Waals surface area contributed by atoms with E-state index in [4.69, 9.17) is 5.73 Å². The van der Waals surface area contributed by atoms with Crippen molar-refractivity contribution in [1.82, 2.24) is 29.9 Å². The molecule has 3 heterocycles. The number of hydrogen-bond donors (Lipinski definition) is 2. The Bertz CT molecular complexity index is 1250. The fourth-order valence-corrected chi connectivity index (χ4v) is 3.56. The molecule has 0 fully saturated rings. The maximum Gasteiger partial charge on any atom is 0.258 e. The molecule has 0 radical (unpaired) electrons. The molecule has 0 aliphatic carbocycles. The molecule has 4 aromatic rings. The predicted molar refractivity (Wildman–Crippen MR) is 115 cm³/mol. The average Bonchev–Trinajstić information content (AvgIpc) is 3.45. The van der Waals surface area contributed by atoms with Gasteiger partial charge in [0.05, 0.1) is 5.69 Å². The molecule has 3 N–H and O–H groups in total. The zero-order chi connectivity index (χ0) is 22.0. The van der Waals surface area contributed by atoms with Crippen LogP contribution < -0.4 is 11.1 Å². The van der Waals surface area contributed by atoms with Crippen LogP contribution in [0.5, 0.6) is 0 Å². The van der Waals surface area contributed by atoms with Gasteiger partial charge in [-0.1, -0.05) is 23.5 Å². The lowest BCUT2D eigenvalue weighted by Crippen LogP contribution is -2.18. The van der Waals surface area contributed by atoms with E-state index in [1.165, 1.54) is 16.8 Å². The van der Waals surface area contributed by atoms with E-state index in [0.717, 1.165) is 0 Å². The first-order valence-corrected chi connectivity index (χ1v) is 10.2. The summed E-state index contributed by atoms with van der Waals surface area (Å²) in [6, 6.07) is 10.2. The standard InChI is InChI=1S/C20H18N8O2S/c1-11(2)28-9-22-26-18(28)15-8-4-7-14(24-15)16-12(17(21)29)5-3-6-13(16)19(30)25-20-27-23-10-31-20/h3-11H,1-2H3,(H2,21,29)(H,25,27,30). The molecular formula is C20H18N8O2S. The molecule has 11 heteroatoms. The number of hydrogen-bond acceptors (Lipinski definition) is 8. The fraction of sp³-hybridized carbons (Fsp3) is 0.150. The smallest absolute Gasteiger partial charge is 0.258 e. The number of primary amides is 1. The Morgan fingerprint density at radius 3 is 2.48 bits per heavy atom. The van der Waals surface area contributed by atoms with Gasteiger partial charge in [-0.2, -0.15) is 0 Å². The minimum absolute atomic E-state index is 0.126. The molecule has 0 aliphatic heterocycles. The van der Waals surface area contributed by atoms with Crippen LogP contribution in [0.1, 0.15) is 40.6 Å². The van der Waals surface area contributed by atoms with Gasteiger partial charge in [0.1, 0.15) is 17.5 Å². The third-order valence-electron chi connectivity index (χ3n) is 4.52. The van der Waals surface area contributed by atoms with Gasteiger partial charge in [0.2, 0.25) is 11.0 Å². The van der Waals surface area contributed by atoms with Crippen LogP contribution in [-0.2, 0) is 0 Å². The number of nitrogens with zero attached hydrogens (tertiary/aromatic N) is 6. The molecule has 0 bridgehead atoms. The number of rotatable bonds is 6. The SMILES string of the molecule is CC(C)n1cnnc1-c1cccc(-c2c(C(N)=O)cccc2C(=O)Nc2nncs2)n1. The van der Waals surface area contributed by atoms with Crippen LogP contribution in [0.4, 0.5) is 5.13 Å². The number of pyridine rings is 1. The molecule has 2 amide bonds. The van der Waals surface area contributed by atoms with Crippen LogP contribution in [0, 0.1) is 0 Å². The van der Waals surface area contributed by atoms with E-state index in [1.54, 1.807) is 42.7 Å². The molecule has 31 heavy (non-hydrogen) atoms. The molecule has 3 aromatic heterocycles. The predicted octanol–water partition coefficient (Wildman–Crippen LogP) is 2.79. The van der Waals surface area contributed by atoms with E-state index < -0.39 is 11.8 Å². The first-order valence-electron chi connectivity index (χ1n) is 9.33. The number of nitrogens with one attached hydrogen (secondary N) is 1. The van der Waals surface area contributed by atoms with Gasteiger partial charge < -0.3 is 10.3 Å². The highest BCUT2D eigenvalue weighted by Crippen LogP contribution is 2.29. The van der Waals surface area contributed by atoms with E-state index >= 15 is 0 Å². The second-order valence-corrected chi connectivity index (χ2v) is 7.69. The summed E-state index contributed by atoms with van der Waals surface area (Å²) < 4.78 is 1.88. The lowest BCUT2D eigenvalue weighted by molar-refractivity contribution is 0.100. The van der Waals surface area contributed by atoms with Crippen LogP contribution in [0.25, 0.3) is 22.8 Å². The highest BCUT2D eigenvalue weighted by molar-refractivity contribution is 7.13. The van der Waals surface area contributed by atoms with Crippen molar-refractivity contribution in [2.24, 2.45) is 5.73 Å². The highest BCUT2D eigenvalue weighted by Gasteiger charge is 2.22. The summed E-state index contributed by atoms with van der Waals surface area (Å²) in [6.07, 6.45) is 1.63. The van der Waals surface area contributed by atoms with E-state index in [0.29, 0.717) is 27.9 Å². The molecule has 0 spiro atoms. The largest absolute Gasteiger partial charge is 0.366 e. The van der Waals surface area contributed by atoms with Crippen molar-refractivity contribution in [2.75, 3.05) is 5.32 Å². The second kappa shape index (κ2) is 8.40. The molecule has 0 saturated heterocycles. The van der Waals surface area contributed by atoms with Crippen LogP contribution in [0.2, 0.25) is 0 Å². The normalized spacial score (nSPS) is 10.9. The second-order valence-electron chi connectivity index (χ2n) is 6.85. The van der Waals surface area contributed by atoms with E-state index in [2.05, 4.69) is 30.7 Å². The monoisotopic (exact) mass is 434 g/mol. The zero-order valence-corrected chi connectivity index (χ0v) is 17.5. The number of nitrogens with two attached hydrogens (primary N) is 1.